The van der Waals surface area contributed by atoms with E-state index in [4.69, 9.17) is 4.74 Å². The Morgan fingerprint density at radius 1 is 0.465 bits per heavy atom. The van der Waals surface area contributed by atoms with Gasteiger partial charge in [-0.05, 0) is 60.7 Å². The number of Topliss-reactive ketones (excluding diaryl/α,β-unsaturated/α-hetero) is 2. The van der Waals surface area contributed by atoms with Crippen LogP contribution in [0, 0.1) is 0 Å². The highest BCUT2D eigenvalue weighted by atomic mass is 31.2. The van der Waals surface area contributed by atoms with Crippen molar-refractivity contribution < 1.29 is 14.3 Å². The number of nitrogens with one attached hydrogen (secondary N) is 2. The Labute approximate surface area is 251 Å². The van der Waals surface area contributed by atoms with Crippen molar-refractivity contribution in [3.63, 3.8) is 0 Å². The highest BCUT2D eigenvalue weighted by Gasteiger charge is 2.57. The molecule has 6 heteroatoms. The van der Waals surface area contributed by atoms with E-state index in [1.807, 2.05) is 115 Å². The Bertz CT molecular complexity index is 1710. The number of ketones is 2. The predicted octanol–water partition coefficient (Wildman–Crippen LogP) is 6.43. The summed E-state index contributed by atoms with van der Waals surface area (Å²) in [5, 5.41) is 9.88. The summed E-state index contributed by atoms with van der Waals surface area (Å²) >= 11 is 0. The fourth-order valence-electron chi connectivity index (χ4n) is 5.53. The van der Waals surface area contributed by atoms with E-state index in [0.717, 1.165) is 15.9 Å². The number of methoxy groups -OCH3 is 1. The molecule has 1 aliphatic rings. The highest BCUT2D eigenvalue weighted by Crippen LogP contribution is 2.65. The molecule has 0 radical (unpaired) electrons. The third kappa shape index (κ3) is 5.16. The maximum atomic E-state index is 15.2. The lowest BCUT2D eigenvalue weighted by Gasteiger charge is -2.33. The van der Waals surface area contributed by atoms with Gasteiger partial charge in [-0.25, -0.2) is 0 Å². The molecule has 0 spiro atoms. The smallest absolute Gasteiger partial charge is 0.251 e. The van der Waals surface area contributed by atoms with Gasteiger partial charge in [-0.3, -0.25) is 9.59 Å². The van der Waals surface area contributed by atoms with Crippen LogP contribution >= 0.6 is 7.26 Å². The van der Waals surface area contributed by atoms with Crippen LogP contribution in [0.3, 0.4) is 0 Å². The fourth-order valence-corrected chi connectivity index (χ4v) is 9.97. The van der Waals surface area contributed by atoms with Gasteiger partial charge in [-0.2, -0.15) is 0 Å². The van der Waals surface area contributed by atoms with Gasteiger partial charge < -0.3 is 15.4 Å². The zero-order valence-corrected chi connectivity index (χ0v) is 24.5. The van der Waals surface area contributed by atoms with Crippen molar-refractivity contribution in [1.29, 1.82) is 0 Å². The van der Waals surface area contributed by atoms with Gasteiger partial charge in [0.15, 0.2) is 18.3 Å². The quantitative estimate of drug-likeness (QED) is 0.155. The van der Waals surface area contributed by atoms with Crippen LogP contribution in [-0.2, 0) is 14.3 Å². The van der Waals surface area contributed by atoms with Gasteiger partial charge in [0.05, 0.1) is 7.11 Å². The Kier molecular flexibility index (Phi) is 7.99. The van der Waals surface area contributed by atoms with Crippen molar-refractivity contribution in [2.45, 2.75) is 0 Å². The summed E-state index contributed by atoms with van der Waals surface area (Å²) < 4.78 is 5.69. The summed E-state index contributed by atoms with van der Waals surface area (Å²) in [6.07, 6.45) is 0. The first-order valence-electron chi connectivity index (χ1n) is 14.0. The summed E-state index contributed by atoms with van der Waals surface area (Å²) in [5.41, 5.74) is 1.68. The Morgan fingerprint density at radius 3 is 1.19 bits per heavy atom. The third-order valence-corrected chi connectivity index (χ3v) is 11.7. The molecule has 43 heavy (non-hydrogen) atoms. The molecule has 0 aliphatic heterocycles. The molecule has 5 nitrogen and oxygen atoms in total. The van der Waals surface area contributed by atoms with E-state index in [1.54, 1.807) is 0 Å². The average molecular weight is 582 g/mol. The molecular formula is C37H30N2O3P+. The Balaban J connectivity index is 1.72. The van der Waals surface area contributed by atoms with Crippen LogP contribution in [0.25, 0.3) is 0 Å². The Morgan fingerprint density at radius 2 is 0.814 bits per heavy atom. The summed E-state index contributed by atoms with van der Waals surface area (Å²) in [4.78, 5) is 29.8. The molecule has 0 aromatic heterocycles. The van der Waals surface area contributed by atoms with Crippen LogP contribution in [0.15, 0.2) is 174 Å². The second-order valence-electron chi connectivity index (χ2n) is 9.95. The Hall–Kier alpha value is -5.25. The molecule has 0 saturated heterocycles. The van der Waals surface area contributed by atoms with E-state index in [0.29, 0.717) is 16.7 Å². The molecular weight excluding hydrogens is 551 g/mol. The van der Waals surface area contributed by atoms with Gasteiger partial charge in [-0.15, -0.1) is 0 Å². The lowest BCUT2D eigenvalue weighted by molar-refractivity contribution is -0.118. The van der Waals surface area contributed by atoms with E-state index in [1.165, 1.54) is 7.11 Å². The van der Waals surface area contributed by atoms with Crippen molar-refractivity contribution >= 4 is 46.1 Å². The van der Waals surface area contributed by atoms with Gasteiger partial charge in [0, 0.05) is 11.4 Å². The number of carbonyl (C=O) groups excluding carboxylic acids is 2. The monoisotopic (exact) mass is 581 g/mol. The molecule has 0 amide bonds. The van der Waals surface area contributed by atoms with Crippen LogP contribution in [0.5, 0.6) is 0 Å². The van der Waals surface area contributed by atoms with Crippen molar-refractivity contribution in [3.05, 3.63) is 174 Å². The van der Waals surface area contributed by atoms with Crippen LogP contribution in [0.2, 0.25) is 0 Å². The van der Waals surface area contributed by atoms with Gasteiger partial charge in [0.2, 0.25) is 5.78 Å². The SMILES string of the molecule is COC1=C(Nc2ccccc2)C(=O)C([P+](c2ccccc2)(c2ccccc2)c2ccccc2)=C(Nc2ccccc2)C1=O. The normalized spacial score (nSPS) is 13.6. The minimum atomic E-state index is -2.98. The predicted molar refractivity (Wildman–Crippen MR) is 176 cm³/mol. The minimum absolute atomic E-state index is 0.0386. The second kappa shape index (κ2) is 12.3. The molecule has 0 saturated carbocycles. The number of benzene rings is 5. The zero-order valence-electron chi connectivity index (χ0n) is 23.6. The van der Waals surface area contributed by atoms with E-state index >= 15 is 4.79 Å². The molecule has 1 aliphatic carbocycles. The summed E-state index contributed by atoms with van der Waals surface area (Å²) in [7, 11) is -1.55. The maximum absolute atomic E-state index is 15.2. The first-order chi connectivity index (χ1) is 21.1. The van der Waals surface area contributed by atoms with Gasteiger partial charge in [0.25, 0.3) is 5.78 Å². The third-order valence-electron chi connectivity index (χ3n) is 7.40. The van der Waals surface area contributed by atoms with Gasteiger partial charge in [-0.1, -0.05) is 91.0 Å². The molecule has 5 aromatic rings. The maximum Gasteiger partial charge on any atom is 0.251 e. The number of anilines is 2. The molecule has 6 rings (SSSR count). The van der Waals surface area contributed by atoms with Gasteiger partial charge in [0.1, 0.15) is 27.3 Å². The fraction of sp³-hybridized carbons (Fsp3) is 0.0270. The van der Waals surface area contributed by atoms with Crippen molar-refractivity contribution in [2.24, 2.45) is 0 Å². The molecule has 0 atom stereocenters. The molecule has 0 unspecified atom stereocenters. The topological polar surface area (TPSA) is 67.4 Å². The number of allylic oxidation sites excluding steroid dienone is 1. The molecule has 0 fully saturated rings. The van der Waals surface area contributed by atoms with Crippen molar-refractivity contribution in [3.8, 4) is 0 Å². The van der Waals surface area contributed by atoms with Gasteiger partial charge >= 0.3 is 0 Å². The van der Waals surface area contributed by atoms with Crippen molar-refractivity contribution in [2.75, 3.05) is 17.7 Å². The molecule has 0 bridgehead atoms. The van der Waals surface area contributed by atoms with Crippen molar-refractivity contribution in [1.82, 2.24) is 0 Å². The molecule has 210 valence electrons. The summed E-state index contributed by atoms with van der Waals surface area (Å²) in [6.45, 7) is 0. The average Bonchev–Trinajstić information content (AvgIpc) is 3.07. The van der Waals surface area contributed by atoms with E-state index in [-0.39, 0.29) is 22.9 Å². The number of ether oxygens (including phenoxy) is 1. The molecule has 2 N–H and O–H groups in total. The largest absolute Gasteiger partial charge is 0.491 e. The van der Waals surface area contributed by atoms with Crippen LogP contribution in [0.4, 0.5) is 11.4 Å². The number of carbonyl (C=O) groups is 2. The summed E-state index contributed by atoms with van der Waals surface area (Å²) in [5.74, 6) is -0.738. The zero-order chi connectivity index (χ0) is 29.6. The van der Waals surface area contributed by atoms with E-state index in [2.05, 4.69) is 47.0 Å². The molecule has 5 aromatic carbocycles. The van der Waals surface area contributed by atoms with Crippen LogP contribution in [-0.4, -0.2) is 18.7 Å². The first-order valence-corrected chi connectivity index (χ1v) is 15.8. The highest BCUT2D eigenvalue weighted by molar-refractivity contribution is 8.00. The number of hydrogen-bond donors (Lipinski definition) is 2. The summed E-state index contributed by atoms with van der Waals surface area (Å²) in [6, 6.07) is 48.9. The van der Waals surface area contributed by atoms with Crippen LogP contribution < -0.4 is 26.5 Å². The van der Waals surface area contributed by atoms with E-state index < -0.39 is 13.0 Å². The number of para-hydroxylation sites is 2. The number of hydrogen-bond acceptors (Lipinski definition) is 5. The first kappa shape index (κ1) is 27.9. The number of rotatable bonds is 9. The molecule has 0 heterocycles. The standard InChI is InChI=1S/C37H29N2O3P/c1-42-36-32(38-27-17-7-2-8-18-27)35(41)37(33(34(36)40)39-28-19-9-3-10-20-28)43(29-21-11-4-12-22-29,30-23-13-5-14-24-30)31-25-15-6-16-26-31/h2-26H,1H3,(H-,38,39,40,41)/p+1. The van der Waals surface area contributed by atoms with E-state index in [9.17, 15) is 4.79 Å². The second-order valence-corrected chi connectivity index (χ2v) is 13.3. The van der Waals surface area contributed by atoms with Crippen LogP contribution in [0.1, 0.15) is 0 Å². The minimum Gasteiger partial charge on any atom is -0.491 e. The lowest BCUT2D eigenvalue weighted by atomic mass is 10.0. The lowest BCUT2D eigenvalue weighted by Crippen LogP contribution is -2.40.